The first-order valence-corrected chi connectivity index (χ1v) is 22.1. The lowest BCUT2D eigenvalue weighted by molar-refractivity contribution is -0.144. The summed E-state index contributed by atoms with van der Waals surface area (Å²) in [7, 11) is 0. The fourth-order valence-corrected chi connectivity index (χ4v) is 2.49. The molecule has 0 saturated carbocycles. The monoisotopic (exact) mass is 1010 g/mol. The van der Waals surface area contributed by atoms with Crippen LogP contribution in [0.15, 0.2) is 0 Å². The molecule has 0 aromatic rings. The molecule has 1 N–H and O–H groups in total. The van der Waals surface area contributed by atoms with E-state index < -0.39 is 0 Å². The Morgan fingerprint density at radius 3 is 0.420 bits per heavy atom. The van der Waals surface area contributed by atoms with Gasteiger partial charge in [0, 0.05) is 82.3 Å². The quantitative estimate of drug-likeness (QED) is 0.154. The van der Waals surface area contributed by atoms with Crippen molar-refractivity contribution in [3.05, 3.63) is 0 Å². The summed E-state index contributed by atoms with van der Waals surface area (Å²) < 4.78 is 48.6. The Morgan fingerprint density at radius 1 is 0.246 bits per heavy atom. The lowest BCUT2D eigenvalue weighted by Gasteiger charge is -1.97. The van der Waals surface area contributed by atoms with E-state index in [4.69, 9.17) is 5.11 Å². The van der Waals surface area contributed by atoms with E-state index >= 15 is 0 Å². The summed E-state index contributed by atoms with van der Waals surface area (Å²) in [6, 6.07) is 0. The van der Waals surface area contributed by atoms with Crippen LogP contribution in [0.3, 0.4) is 0 Å². The molecule has 0 atom stereocenters. The third-order valence-electron chi connectivity index (χ3n) is 4.32. The number of esters is 11. The average molecular weight is 1010 g/mol. The van der Waals surface area contributed by atoms with Crippen molar-refractivity contribution in [2.45, 2.75) is 158 Å². The van der Waals surface area contributed by atoms with Crippen LogP contribution in [0, 0.1) is 0 Å². The van der Waals surface area contributed by atoms with Gasteiger partial charge in [-0.1, -0.05) is 0 Å². The summed E-state index contributed by atoms with van der Waals surface area (Å²) in [4.78, 5) is 109. The molecule has 0 fully saturated rings. The van der Waals surface area contributed by atoms with Gasteiger partial charge in [-0.3, -0.25) is 52.7 Å². The molecular weight excluding hydrogens is 920 g/mol. The summed E-state index contributed by atoms with van der Waals surface area (Å²) in [6.07, 6.45) is 0.823. The van der Waals surface area contributed by atoms with Crippen molar-refractivity contribution in [3.8, 4) is 0 Å². The topological polar surface area (TPSA) is 310 Å². The molecule has 23 heteroatoms. The lowest BCUT2D eigenvalue weighted by atomic mass is 10.3. The predicted molar refractivity (Wildman–Crippen MR) is 256 cm³/mol. The summed E-state index contributed by atoms with van der Waals surface area (Å²) in [6.45, 7) is 38.8. The predicted octanol–water partition coefficient (Wildman–Crippen LogP) is 6.02. The number of aliphatic hydroxyl groups excluding tert-OH is 1. The van der Waals surface area contributed by atoms with Gasteiger partial charge in [0.25, 0.3) is 0 Å². The van der Waals surface area contributed by atoms with Gasteiger partial charge in [0.2, 0.25) is 0 Å². The average Bonchev–Trinajstić information content (AvgIpc) is 3.19. The van der Waals surface area contributed by atoms with Crippen molar-refractivity contribution in [2.75, 3.05) is 79.3 Å². The molecule has 0 aliphatic rings. The molecule has 0 unspecified atom stereocenters. The third kappa shape index (κ3) is 232. The van der Waals surface area contributed by atoms with Gasteiger partial charge in [-0.05, 0) is 82.6 Å². The highest BCUT2D eigenvalue weighted by Gasteiger charge is 1.98. The third-order valence-corrected chi connectivity index (χ3v) is 4.32. The van der Waals surface area contributed by atoms with Crippen LogP contribution in [-0.4, -0.2) is 150 Å². The van der Waals surface area contributed by atoms with Crippen LogP contribution in [0.5, 0.6) is 0 Å². The van der Waals surface area contributed by atoms with E-state index in [2.05, 4.69) is 52.1 Å². The fourth-order valence-electron chi connectivity index (χ4n) is 2.49. The van der Waals surface area contributed by atoms with E-state index in [0.29, 0.717) is 85.5 Å². The number of carbonyl (C=O) groups is 11. The van der Waals surface area contributed by atoms with Gasteiger partial charge < -0.3 is 57.2 Å². The summed E-state index contributed by atoms with van der Waals surface area (Å²) in [5, 5.41) is 8.28. The van der Waals surface area contributed by atoms with Gasteiger partial charge >= 0.3 is 65.7 Å². The molecule has 23 nitrogen and oxygen atoms in total. The van der Waals surface area contributed by atoms with Gasteiger partial charge in [-0.15, -0.1) is 0 Å². The molecule has 0 bridgehead atoms. The van der Waals surface area contributed by atoms with E-state index in [1.165, 1.54) is 69.2 Å². The zero-order valence-electron chi connectivity index (χ0n) is 45.8. The van der Waals surface area contributed by atoms with Crippen LogP contribution in [-0.2, 0) is 105 Å². The van der Waals surface area contributed by atoms with E-state index in [0.717, 1.165) is 0 Å². The second-order valence-corrected chi connectivity index (χ2v) is 10.9. The largest absolute Gasteiger partial charge is 0.466 e. The van der Waals surface area contributed by atoms with Crippen molar-refractivity contribution >= 4 is 65.7 Å². The lowest BCUT2D eigenvalue weighted by Crippen LogP contribution is -2.03. The van der Waals surface area contributed by atoms with E-state index in [1.54, 1.807) is 76.2 Å². The van der Waals surface area contributed by atoms with Crippen LogP contribution < -0.4 is 0 Å². The second-order valence-electron chi connectivity index (χ2n) is 10.9. The number of carbonyl (C=O) groups excluding carboxylic acids is 11. The Balaban J connectivity index is -0.0000000597. The number of ether oxygens (including phenoxy) is 11. The number of hydrogen-bond acceptors (Lipinski definition) is 23. The van der Waals surface area contributed by atoms with Crippen LogP contribution >= 0.6 is 0 Å². The fraction of sp³-hybridized carbons (Fsp3) is 0.761. The Kier molecular flexibility index (Phi) is 111. The molecule has 0 radical (unpaired) electrons. The van der Waals surface area contributed by atoms with Crippen molar-refractivity contribution in [2.24, 2.45) is 0 Å². The molecule has 0 rings (SSSR count). The van der Waals surface area contributed by atoms with Gasteiger partial charge in [0.1, 0.15) is 0 Å². The van der Waals surface area contributed by atoms with Crippen LogP contribution in [0.1, 0.15) is 158 Å². The zero-order valence-corrected chi connectivity index (χ0v) is 45.8. The summed E-state index contributed by atoms with van der Waals surface area (Å²) in [5.41, 5.74) is 0. The van der Waals surface area contributed by atoms with Gasteiger partial charge in [-0.2, -0.15) is 0 Å². The maximum absolute atomic E-state index is 10.5. The minimum atomic E-state index is -0.230. The Bertz CT molecular complexity index is 938. The van der Waals surface area contributed by atoms with Crippen LogP contribution in [0.25, 0.3) is 0 Å². The summed E-state index contributed by atoms with van der Waals surface area (Å²) in [5.74, 6) is -2.34. The highest BCUT2D eigenvalue weighted by molar-refractivity contribution is 5.69. The maximum Gasteiger partial charge on any atom is 0.305 e. The SMILES string of the molecule is CCOC(=O)CCCO.CCOC(C)=O.CCOC(C)=O.CCOC(C)=O.CCOC(C)=O.CCOC(C)=O.CCOC(C)=O.CCOC(C)=O.CCOC(C)=O.CCOC(C)=O.CCOC(C)=O. The Labute approximate surface area is 412 Å². The van der Waals surface area contributed by atoms with E-state index in [9.17, 15) is 52.7 Å². The molecule has 0 saturated heterocycles. The van der Waals surface area contributed by atoms with Gasteiger partial charge in [-0.25, -0.2) is 0 Å². The zero-order chi connectivity index (χ0) is 57.0. The number of hydrogen-bond donors (Lipinski definition) is 1. The van der Waals surface area contributed by atoms with Crippen LogP contribution in [0.2, 0.25) is 0 Å². The molecule has 0 amide bonds. The number of aliphatic hydroxyl groups is 1. The van der Waals surface area contributed by atoms with Crippen molar-refractivity contribution in [1.29, 1.82) is 0 Å². The van der Waals surface area contributed by atoms with Crippen molar-refractivity contribution < 1.29 is 110 Å². The first-order valence-electron chi connectivity index (χ1n) is 22.1. The Hall–Kier alpha value is -5.87. The highest BCUT2D eigenvalue weighted by atomic mass is 16.6. The second kappa shape index (κ2) is 85.4. The first kappa shape index (κ1) is 89.7. The first-order chi connectivity index (χ1) is 32.0. The molecule has 0 heterocycles. The molecule has 0 aliphatic carbocycles. The van der Waals surface area contributed by atoms with E-state index in [-0.39, 0.29) is 72.3 Å². The van der Waals surface area contributed by atoms with Crippen molar-refractivity contribution in [1.82, 2.24) is 0 Å². The highest BCUT2D eigenvalue weighted by Crippen LogP contribution is 1.90. The Morgan fingerprint density at radius 2 is 0.362 bits per heavy atom. The maximum atomic E-state index is 10.5. The van der Waals surface area contributed by atoms with Crippen LogP contribution in [0.4, 0.5) is 0 Å². The van der Waals surface area contributed by atoms with Gasteiger partial charge in [0.05, 0.1) is 72.7 Å². The molecular formula is C46H92O23. The molecule has 0 spiro atoms. The minimum Gasteiger partial charge on any atom is -0.466 e. The molecule has 0 aromatic heterocycles. The smallest absolute Gasteiger partial charge is 0.305 e. The minimum absolute atomic E-state index is 0.0544. The normalized spacial score (nSPS) is 7.86. The molecule has 0 aromatic carbocycles. The van der Waals surface area contributed by atoms with Crippen molar-refractivity contribution in [3.63, 3.8) is 0 Å². The van der Waals surface area contributed by atoms with Gasteiger partial charge in [0.15, 0.2) is 0 Å². The summed E-state index contributed by atoms with van der Waals surface area (Å²) >= 11 is 0. The van der Waals surface area contributed by atoms with E-state index in [1.807, 2.05) is 0 Å². The number of rotatable bonds is 14. The standard InChI is InChI=1S/C6H12O3.10C4H8O2/c1-2-9-6(8)4-3-5-7;10*1-3-6-4(2)5/h7H,2-5H2,1H3;10*3H2,1-2H3. The molecule has 69 heavy (non-hydrogen) atoms. The molecule has 414 valence electrons. The molecule has 0 aliphatic heterocycles.